The van der Waals surface area contributed by atoms with Crippen LogP contribution in [0.1, 0.15) is 35.2 Å². The lowest BCUT2D eigenvalue weighted by Crippen LogP contribution is -2.27. The Morgan fingerprint density at radius 2 is 1.89 bits per heavy atom. The fourth-order valence-corrected chi connectivity index (χ4v) is 2.10. The van der Waals surface area contributed by atoms with E-state index >= 15 is 0 Å². The lowest BCUT2D eigenvalue weighted by atomic mass is 9.95. The van der Waals surface area contributed by atoms with E-state index in [1.807, 2.05) is 12.1 Å². The first-order valence-corrected chi connectivity index (χ1v) is 6.35. The number of hydrogen-bond acceptors (Lipinski definition) is 2. The van der Waals surface area contributed by atoms with Crippen LogP contribution in [0.2, 0.25) is 0 Å². The van der Waals surface area contributed by atoms with Crippen LogP contribution in [-0.4, -0.2) is 19.0 Å². The molecule has 1 heterocycles. The molecule has 3 nitrogen and oxygen atoms in total. The number of amides is 1. The Labute approximate surface area is 120 Å². The molecule has 0 bridgehead atoms. The standard InChI is InChI=1S/C15H18N2O.ClH/c16-15(18)14-6-4-12(5-7-14)2-1-3-13-8-10-17-11-9-13;/h4-7,13,17H,3,8-11H2,(H2,16,18);1H. The monoisotopic (exact) mass is 278 g/mol. The number of piperidine rings is 1. The third kappa shape index (κ3) is 4.94. The topological polar surface area (TPSA) is 55.1 Å². The summed E-state index contributed by atoms with van der Waals surface area (Å²) in [5.41, 5.74) is 6.65. The Bertz CT molecular complexity index is 467. The van der Waals surface area contributed by atoms with Gasteiger partial charge in [-0.25, -0.2) is 0 Å². The van der Waals surface area contributed by atoms with Crippen molar-refractivity contribution in [1.82, 2.24) is 5.32 Å². The number of carbonyl (C=O) groups is 1. The van der Waals surface area contributed by atoms with Crippen LogP contribution in [0.3, 0.4) is 0 Å². The maximum absolute atomic E-state index is 10.9. The van der Waals surface area contributed by atoms with Crippen molar-refractivity contribution in [2.24, 2.45) is 11.7 Å². The lowest BCUT2D eigenvalue weighted by Gasteiger charge is -2.20. The molecule has 2 rings (SSSR count). The molecule has 1 aliphatic rings. The summed E-state index contributed by atoms with van der Waals surface area (Å²) in [4.78, 5) is 10.9. The summed E-state index contributed by atoms with van der Waals surface area (Å²) in [6.07, 6.45) is 3.39. The second kappa shape index (κ2) is 7.83. The van der Waals surface area contributed by atoms with Gasteiger partial charge < -0.3 is 11.1 Å². The number of carbonyl (C=O) groups excluding carboxylic acids is 1. The van der Waals surface area contributed by atoms with Crippen molar-refractivity contribution in [3.05, 3.63) is 35.4 Å². The largest absolute Gasteiger partial charge is 0.366 e. The van der Waals surface area contributed by atoms with Gasteiger partial charge in [0.1, 0.15) is 0 Å². The van der Waals surface area contributed by atoms with Crippen LogP contribution in [0.25, 0.3) is 0 Å². The predicted molar refractivity (Wildman–Crippen MR) is 79.3 cm³/mol. The minimum Gasteiger partial charge on any atom is -0.366 e. The maximum Gasteiger partial charge on any atom is 0.248 e. The molecule has 1 amide bonds. The number of nitrogens with two attached hydrogens (primary N) is 1. The average molecular weight is 279 g/mol. The van der Waals surface area contributed by atoms with Crippen LogP contribution in [-0.2, 0) is 0 Å². The first-order valence-electron chi connectivity index (χ1n) is 6.35. The molecule has 0 saturated carbocycles. The van der Waals surface area contributed by atoms with Crippen LogP contribution in [0.15, 0.2) is 24.3 Å². The predicted octanol–water partition coefficient (Wildman–Crippen LogP) is 1.95. The van der Waals surface area contributed by atoms with E-state index < -0.39 is 5.91 Å². The fourth-order valence-electron chi connectivity index (χ4n) is 2.10. The van der Waals surface area contributed by atoms with E-state index in [-0.39, 0.29) is 12.4 Å². The highest BCUT2D eigenvalue weighted by atomic mass is 35.5. The van der Waals surface area contributed by atoms with E-state index in [0.29, 0.717) is 5.56 Å². The van der Waals surface area contributed by atoms with Crippen LogP contribution < -0.4 is 11.1 Å². The van der Waals surface area contributed by atoms with Crippen molar-refractivity contribution in [2.75, 3.05) is 13.1 Å². The van der Waals surface area contributed by atoms with Crippen molar-refractivity contribution in [2.45, 2.75) is 19.3 Å². The Kier molecular flexibility index (Phi) is 6.41. The van der Waals surface area contributed by atoms with Gasteiger partial charge >= 0.3 is 0 Å². The summed E-state index contributed by atoms with van der Waals surface area (Å²) >= 11 is 0. The third-order valence-electron chi connectivity index (χ3n) is 3.25. The summed E-state index contributed by atoms with van der Waals surface area (Å²) in [7, 11) is 0. The van der Waals surface area contributed by atoms with E-state index in [2.05, 4.69) is 17.2 Å². The van der Waals surface area contributed by atoms with Crippen LogP contribution in [0.4, 0.5) is 0 Å². The van der Waals surface area contributed by atoms with E-state index in [9.17, 15) is 4.79 Å². The molecule has 1 fully saturated rings. The molecule has 0 spiro atoms. The molecule has 19 heavy (non-hydrogen) atoms. The van der Waals surface area contributed by atoms with Crippen molar-refractivity contribution < 1.29 is 4.79 Å². The number of rotatable bonds is 2. The smallest absolute Gasteiger partial charge is 0.248 e. The van der Waals surface area contributed by atoms with Gasteiger partial charge in [0.2, 0.25) is 5.91 Å². The highest BCUT2D eigenvalue weighted by Gasteiger charge is 2.10. The number of hydrogen-bond donors (Lipinski definition) is 2. The van der Waals surface area contributed by atoms with Gasteiger partial charge in [-0.05, 0) is 56.1 Å². The number of nitrogens with one attached hydrogen (secondary N) is 1. The normalized spacial score (nSPS) is 14.9. The van der Waals surface area contributed by atoms with Crippen molar-refractivity contribution >= 4 is 18.3 Å². The zero-order valence-corrected chi connectivity index (χ0v) is 11.6. The van der Waals surface area contributed by atoms with Crippen LogP contribution >= 0.6 is 12.4 Å². The zero-order chi connectivity index (χ0) is 12.8. The van der Waals surface area contributed by atoms with Crippen molar-refractivity contribution in [1.29, 1.82) is 0 Å². The Balaban J connectivity index is 0.00000180. The van der Waals surface area contributed by atoms with Gasteiger partial charge in [-0.3, -0.25) is 4.79 Å². The summed E-state index contributed by atoms with van der Waals surface area (Å²) in [6, 6.07) is 7.12. The summed E-state index contributed by atoms with van der Waals surface area (Å²) < 4.78 is 0. The molecular weight excluding hydrogens is 260 g/mol. The minimum absolute atomic E-state index is 0. The van der Waals surface area contributed by atoms with E-state index in [1.54, 1.807) is 12.1 Å². The number of benzene rings is 1. The Hall–Kier alpha value is -1.50. The second-order valence-electron chi connectivity index (χ2n) is 4.64. The van der Waals surface area contributed by atoms with E-state index in [1.165, 1.54) is 12.8 Å². The Morgan fingerprint density at radius 3 is 2.47 bits per heavy atom. The molecule has 0 atom stereocenters. The third-order valence-corrected chi connectivity index (χ3v) is 3.25. The molecular formula is C15H19ClN2O. The first kappa shape index (κ1) is 15.6. The van der Waals surface area contributed by atoms with Gasteiger partial charge in [-0.2, -0.15) is 0 Å². The summed E-state index contributed by atoms with van der Waals surface area (Å²) in [5, 5.41) is 3.35. The Morgan fingerprint density at radius 1 is 1.26 bits per heavy atom. The molecule has 1 saturated heterocycles. The molecule has 0 unspecified atom stereocenters. The zero-order valence-electron chi connectivity index (χ0n) is 10.8. The van der Waals surface area contributed by atoms with Crippen molar-refractivity contribution in [3.63, 3.8) is 0 Å². The fraction of sp³-hybridized carbons (Fsp3) is 0.400. The summed E-state index contributed by atoms with van der Waals surface area (Å²) in [6.45, 7) is 2.22. The molecule has 1 aromatic rings. The van der Waals surface area contributed by atoms with Crippen LogP contribution in [0, 0.1) is 17.8 Å². The minimum atomic E-state index is -0.399. The quantitative estimate of drug-likeness (QED) is 0.813. The SMILES string of the molecule is Cl.NC(=O)c1ccc(C#CCC2CCNCC2)cc1. The highest BCUT2D eigenvalue weighted by Crippen LogP contribution is 2.14. The van der Waals surface area contributed by atoms with Crippen LogP contribution in [0.5, 0.6) is 0 Å². The molecule has 102 valence electrons. The van der Waals surface area contributed by atoms with Gasteiger partial charge in [-0.1, -0.05) is 11.8 Å². The second-order valence-corrected chi connectivity index (χ2v) is 4.64. The van der Waals surface area contributed by atoms with Gasteiger partial charge in [0.05, 0.1) is 0 Å². The molecule has 1 aliphatic heterocycles. The van der Waals surface area contributed by atoms with Crippen molar-refractivity contribution in [3.8, 4) is 11.8 Å². The molecule has 4 heteroatoms. The molecule has 1 aromatic carbocycles. The number of halogens is 1. The number of primary amides is 1. The molecule has 3 N–H and O–H groups in total. The van der Waals surface area contributed by atoms with Gasteiger partial charge in [0.25, 0.3) is 0 Å². The maximum atomic E-state index is 10.9. The van der Waals surface area contributed by atoms with E-state index in [4.69, 9.17) is 5.73 Å². The highest BCUT2D eigenvalue weighted by molar-refractivity contribution is 5.92. The van der Waals surface area contributed by atoms with E-state index in [0.717, 1.165) is 31.0 Å². The summed E-state index contributed by atoms with van der Waals surface area (Å²) in [5.74, 6) is 6.69. The molecule has 0 aromatic heterocycles. The molecule has 0 aliphatic carbocycles. The van der Waals surface area contributed by atoms with Gasteiger partial charge in [-0.15, -0.1) is 12.4 Å². The first-order chi connectivity index (χ1) is 8.75. The van der Waals surface area contributed by atoms with Gasteiger partial charge in [0, 0.05) is 17.5 Å². The van der Waals surface area contributed by atoms with Gasteiger partial charge in [0.15, 0.2) is 0 Å². The molecule has 0 radical (unpaired) electrons. The lowest BCUT2D eigenvalue weighted by molar-refractivity contribution is 0.100. The average Bonchev–Trinajstić information content (AvgIpc) is 2.40.